The van der Waals surface area contributed by atoms with E-state index >= 15 is 0 Å². The van der Waals surface area contributed by atoms with Crippen LogP contribution in [0.1, 0.15) is 27.6 Å². The average molecular weight is 404 g/mol. The maximum atomic E-state index is 12.6. The predicted octanol–water partition coefficient (Wildman–Crippen LogP) is 3.76. The van der Waals surface area contributed by atoms with Crippen LogP contribution >= 0.6 is 0 Å². The van der Waals surface area contributed by atoms with Crippen molar-refractivity contribution in [2.24, 2.45) is 5.73 Å². The van der Waals surface area contributed by atoms with Gasteiger partial charge in [0, 0.05) is 11.3 Å². The highest BCUT2D eigenvalue weighted by atomic mass is 16.5. The van der Waals surface area contributed by atoms with Crippen LogP contribution < -0.4 is 15.8 Å². The molecule has 0 saturated carbocycles. The van der Waals surface area contributed by atoms with Gasteiger partial charge in [0.05, 0.1) is 0 Å². The Morgan fingerprint density at radius 2 is 1.50 bits per heavy atom. The summed E-state index contributed by atoms with van der Waals surface area (Å²) in [5.41, 5.74) is 6.16. The van der Waals surface area contributed by atoms with Gasteiger partial charge in [-0.1, -0.05) is 30.3 Å². The topological polar surface area (TPSA) is 108 Å². The molecule has 0 heterocycles. The molecular formula is C23H20N2O5. The van der Waals surface area contributed by atoms with Gasteiger partial charge in [-0.2, -0.15) is 0 Å². The summed E-state index contributed by atoms with van der Waals surface area (Å²) in [6, 6.07) is 21.7. The number of nitrogens with two attached hydrogens (primary N) is 1. The summed E-state index contributed by atoms with van der Waals surface area (Å²) in [5.74, 6) is -0.872. The lowest BCUT2D eigenvalue weighted by Crippen LogP contribution is -2.30. The first-order valence-corrected chi connectivity index (χ1v) is 9.17. The van der Waals surface area contributed by atoms with E-state index in [9.17, 15) is 14.4 Å². The van der Waals surface area contributed by atoms with E-state index in [2.05, 4.69) is 5.32 Å². The molecule has 3 aromatic carbocycles. The summed E-state index contributed by atoms with van der Waals surface area (Å²) in [7, 11) is 0. The molecule has 0 radical (unpaired) electrons. The lowest BCUT2D eigenvalue weighted by molar-refractivity contribution is -0.123. The molecule has 0 unspecified atom stereocenters. The number of carbonyl (C=O) groups excluding carboxylic acids is 3. The molecule has 152 valence electrons. The van der Waals surface area contributed by atoms with E-state index in [1.54, 1.807) is 36.4 Å². The molecule has 0 aromatic heterocycles. The minimum Gasteiger partial charge on any atom is -0.456 e. The average Bonchev–Trinajstić information content (AvgIpc) is 2.75. The summed E-state index contributed by atoms with van der Waals surface area (Å²) in [4.78, 5) is 36.1. The van der Waals surface area contributed by atoms with E-state index in [1.807, 2.05) is 18.2 Å². The fourth-order valence-electron chi connectivity index (χ4n) is 2.58. The van der Waals surface area contributed by atoms with Gasteiger partial charge in [-0.25, -0.2) is 4.79 Å². The number of hydrogen-bond donors (Lipinski definition) is 2. The van der Waals surface area contributed by atoms with Gasteiger partial charge in [0.25, 0.3) is 5.91 Å². The van der Waals surface area contributed by atoms with E-state index < -0.39 is 23.9 Å². The Morgan fingerprint density at radius 1 is 0.867 bits per heavy atom. The van der Waals surface area contributed by atoms with Gasteiger partial charge < -0.3 is 20.5 Å². The normalized spacial score (nSPS) is 11.2. The quantitative estimate of drug-likeness (QED) is 0.583. The van der Waals surface area contributed by atoms with Gasteiger partial charge in [-0.3, -0.25) is 9.59 Å². The highest BCUT2D eigenvalue weighted by molar-refractivity contribution is 5.99. The molecule has 0 bridgehead atoms. The number of benzene rings is 3. The summed E-state index contributed by atoms with van der Waals surface area (Å²) >= 11 is 0. The number of para-hydroxylation sites is 2. The Morgan fingerprint density at radius 3 is 2.17 bits per heavy atom. The standard InChI is InChI=1S/C23H20N2O5/c1-15(22(27)25-17-13-11-16(12-14-17)21(24)26)29-23(28)19-9-5-6-10-20(19)30-18-7-3-2-4-8-18/h2-15H,1H3,(H2,24,26)(H,25,27)/t15-/m1/s1. The molecule has 0 aliphatic heterocycles. The molecule has 7 nitrogen and oxygen atoms in total. The summed E-state index contributed by atoms with van der Waals surface area (Å²) in [6.07, 6.45) is -1.06. The molecule has 1 atom stereocenters. The van der Waals surface area contributed by atoms with Crippen LogP contribution in [-0.4, -0.2) is 23.9 Å². The zero-order valence-corrected chi connectivity index (χ0v) is 16.2. The Bertz CT molecular complexity index is 1050. The van der Waals surface area contributed by atoms with Gasteiger partial charge >= 0.3 is 5.97 Å². The van der Waals surface area contributed by atoms with Gasteiger partial charge in [0.2, 0.25) is 5.91 Å². The Hall–Kier alpha value is -4.13. The Labute approximate surface area is 173 Å². The van der Waals surface area contributed by atoms with E-state index in [1.165, 1.54) is 31.2 Å². The Kier molecular flexibility index (Phi) is 6.44. The van der Waals surface area contributed by atoms with Crippen LogP contribution in [0.3, 0.4) is 0 Å². The summed E-state index contributed by atoms with van der Waals surface area (Å²) in [6.45, 7) is 1.46. The molecule has 30 heavy (non-hydrogen) atoms. The van der Waals surface area contributed by atoms with E-state index in [-0.39, 0.29) is 5.56 Å². The third kappa shape index (κ3) is 5.23. The molecule has 7 heteroatoms. The first kappa shape index (κ1) is 20.6. The van der Waals surface area contributed by atoms with Crippen LogP contribution in [0.2, 0.25) is 0 Å². The molecule has 2 amide bonds. The van der Waals surface area contributed by atoms with Crippen molar-refractivity contribution < 1.29 is 23.9 Å². The number of anilines is 1. The van der Waals surface area contributed by atoms with Crippen molar-refractivity contribution in [3.05, 3.63) is 90.0 Å². The lowest BCUT2D eigenvalue weighted by Gasteiger charge is -2.15. The molecule has 3 aromatic rings. The monoisotopic (exact) mass is 404 g/mol. The zero-order valence-electron chi connectivity index (χ0n) is 16.2. The second kappa shape index (κ2) is 9.38. The zero-order chi connectivity index (χ0) is 21.5. The molecule has 0 spiro atoms. The number of carbonyl (C=O) groups is 3. The number of hydrogen-bond acceptors (Lipinski definition) is 5. The largest absolute Gasteiger partial charge is 0.456 e. The maximum Gasteiger partial charge on any atom is 0.342 e. The van der Waals surface area contributed by atoms with E-state index in [0.29, 0.717) is 22.7 Å². The van der Waals surface area contributed by atoms with Crippen LogP contribution in [0.15, 0.2) is 78.9 Å². The van der Waals surface area contributed by atoms with Crippen molar-refractivity contribution in [3.8, 4) is 11.5 Å². The number of ether oxygens (including phenoxy) is 2. The van der Waals surface area contributed by atoms with Crippen molar-refractivity contribution in [3.63, 3.8) is 0 Å². The third-order valence-corrected chi connectivity index (χ3v) is 4.17. The molecule has 0 aliphatic rings. The minimum absolute atomic E-state index is 0.201. The smallest absolute Gasteiger partial charge is 0.342 e. The van der Waals surface area contributed by atoms with Crippen LogP contribution in [0.5, 0.6) is 11.5 Å². The molecule has 3 rings (SSSR count). The molecule has 0 fully saturated rings. The van der Waals surface area contributed by atoms with Crippen LogP contribution in [0, 0.1) is 0 Å². The lowest BCUT2D eigenvalue weighted by atomic mass is 10.2. The minimum atomic E-state index is -1.06. The first-order valence-electron chi connectivity index (χ1n) is 9.17. The fraction of sp³-hybridized carbons (Fsp3) is 0.0870. The van der Waals surface area contributed by atoms with Crippen LogP contribution in [-0.2, 0) is 9.53 Å². The van der Waals surface area contributed by atoms with Crippen molar-refractivity contribution in [2.75, 3.05) is 5.32 Å². The van der Waals surface area contributed by atoms with Crippen LogP contribution in [0.25, 0.3) is 0 Å². The number of primary amides is 1. The second-order valence-corrected chi connectivity index (χ2v) is 6.39. The van der Waals surface area contributed by atoms with Gasteiger partial charge in [-0.15, -0.1) is 0 Å². The number of esters is 1. The number of rotatable bonds is 7. The van der Waals surface area contributed by atoms with Gasteiger partial charge in [0.15, 0.2) is 6.10 Å². The van der Waals surface area contributed by atoms with E-state index in [4.69, 9.17) is 15.2 Å². The number of nitrogens with one attached hydrogen (secondary N) is 1. The van der Waals surface area contributed by atoms with Crippen LogP contribution in [0.4, 0.5) is 5.69 Å². The fourth-order valence-corrected chi connectivity index (χ4v) is 2.58. The van der Waals surface area contributed by atoms with Gasteiger partial charge in [0.1, 0.15) is 17.1 Å². The molecule has 3 N–H and O–H groups in total. The first-order chi connectivity index (χ1) is 14.4. The van der Waals surface area contributed by atoms with Gasteiger partial charge in [-0.05, 0) is 55.5 Å². The molecule has 0 saturated heterocycles. The maximum absolute atomic E-state index is 12.6. The summed E-state index contributed by atoms with van der Waals surface area (Å²) in [5, 5.41) is 2.62. The highest BCUT2D eigenvalue weighted by Crippen LogP contribution is 2.26. The third-order valence-electron chi connectivity index (χ3n) is 4.17. The summed E-state index contributed by atoms with van der Waals surface area (Å²) < 4.78 is 11.1. The van der Waals surface area contributed by atoms with Crippen molar-refractivity contribution in [2.45, 2.75) is 13.0 Å². The SMILES string of the molecule is C[C@@H](OC(=O)c1ccccc1Oc1ccccc1)C(=O)Nc1ccc(C(N)=O)cc1. The number of amides is 2. The van der Waals surface area contributed by atoms with Crippen molar-refractivity contribution >= 4 is 23.5 Å². The predicted molar refractivity (Wildman–Crippen MR) is 111 cm³/mol. The Balaban J connectivity index is 1.65. The molecule has 0 aliphatic carbocycles. The van der Waals surface area contributed by atoms with E-state index in [0.717, 1.165) is 0 Å². The highest BCUT2D eigenvalue weighted by Gasteiger charge is 2.21. The van der Waals surface area contributed by atoms with Crippen molar-refractivity contribution in [1.29, 1.82) is 0 Å². The molecular weight excluding hydrogens is 384 g/mol. The van der Waals surface area contributed by atoms with Crippen molar-refractivity contribution in [1.82, 2.24) is 0 Å². The second-order valence-electron chi connectivity index (χ2n) is 6.39.